The van der Waals surface area contributed by atoms with Gasteiger partial charge in [-0.1, -0.05) is 47.5 Å². The molecule has 6 atom stereocenters. The van der Waals surface area contributed by atoms with Gasteiger partial charge >= 0.3 is 0 Å². The predicted octanol–water partition coefficient (Wildman–Crippen LogP) is 4.77. The van der Waals surface area contributed by atoms with Crippen molar-refractivity contribution in [3.8, 4) is 5.75 Å². The first-order valence-corrected chi connectivity index (χ1v) is 14.5. The Balaban J connectivity index is 1.47. The molecule has 3 fully saturated rings. The number of halogens is 2. The molecule has 2 aliphatic heterocycles. The smallest absolute Gasteiger partial charge is 0.260 e. The van der Waals surface area contributed by atoms with Crippen molar-refractivity contribution >= 4 is 40.9 Å². The van der Waals surface area contributed by atoms with Gasteiger partial charge in [0.1, 0.15) is 11.6 Å². The van der Waals surface area contributed by atoms with E-state index in [1.54, 1.807) is 49.4 Å². The van der Waals surface area contributed by atoms with Gasteiger partial charge in [-0.15, -0.1) is 0 Å². The molecule has 43 heavy (non-hydrogen) atoms. The molecule has 3 aromatic rings. The lowest BCUT2D eigenvalue weighted by Crippen LogP contribution is -2.53. The van der Waals surface area contributed by atoms with Gasteiger partial charge in [-0.25, -0.2) is 4.39 Å². The number of imide groups is 2. The minimum absolute atomic E-state index is 0.0834. The van der Waals surface area contributed by atoms with Crippen molar-refractivity contribution in [2.75, 3.05) is 5.43 Å². The van der Waals surface area contributed by atoms with E-state index in [0.29, 0.717) is 33.8 Å². The number of hydrogen-bond donors (Lipinski definition) is 3. The minimum Gasteiger partial charge on any atom is -0.508 e. The lowest BCUT2D eigenvalue weighted by atomic mass is 9.49. The number of aryl methyl sites for hydroxylation is 1. The third-order valence-corrected chi connectivity index (χ3v) is 9.91. The lowest BCUT2D eigenvalue weighted by Gasteiger charge is -2.50. The van der Waals surface area contributed by atoms with Crippen LogP contribution in [0.4, 0.5) is 10.1 Å². The van der Waals surface area contributed by atoms with E-state index in [2.05, 4.69) is 10.7 Å². The van der Waals surface area contributed by atoms with Crippen LogP contribution in [0.2, 0.25) is 5.02 Å². The van der Waals surface area contributed by atoms with Gasteiger partial charge in [-0.2, -0.15) is 5.01 Å². The van der Waals surface area contributed by atoms with E-state index in [-0.39, 0.29) is 24.0 Å². The maximum atomic E-state index is 14.9. The zero-order valence-corrected chi connectivity index (χ0v) is 23.8. The summed E-state index contributed by atoms with van der Waals surface area (Å²) in [5.41, 5.74) is 4.48. The second-order valence-corrected chi connectivity index (χ2v) is 12.2. The Morgan fingerprint density at radius 3 is 2.40 bits per heavy atom. The molecule has 0 spiro atoms. The zero-order valence-electron chi connectivity index (χ0n) is 23.0. The number of rotatable bonds is 4. The zero-order chi connectivity index (χ0) is 30.2. The van der Waals surface area contributed by atoms with Crippen molar-refractivity contribution in [2.45, 2.75) is 31.1 Å². The largest absolute Gasteiger partial charge is 0.508 e. The van der Waals surface area contributed by atoms with E-state index < -0.39 is 52.6 Å². The third kappa shape index (κ3) is 3.94. The van der Waals surface area contributed by atoms with Crippen LogP contribution in [0.25, 0.3) is 0 Å². The molecule has 7 rings (SSSR count). The first kappa shape index (κ1) is 27.3. The minimum atomic E-state index is -1.45. The highest BCUT2D eigenvalue weighted by molar-refractivity contribution is 6.30. The first-order valence-electron chi connectivity index (χ1n) is 14.1. The van der Waals surface area contributed by atoms with Gasteiger partial charge in [-0.3, -0.25) is 29.9 Å². The van der Waals surface area contributed by atoms with E-state index >= 15 is 0 Å². The normalized spacial score (nSPS) is 29.5. The number of benzene rings is 3. The highest BCUT2D eigenvalue weighted by Gasteiger charge is 2.70. The molecule has 2 aliphatic carbocycles. The topological polar surface area (TPSA) is 116 Å². The van der Waals surface area contributed by atoms with Gasteiger partial charge in [0.05, 0.1) is 28.9 Å². The van der Waals surface area contributed by atoms with Crippen LogP contribution in [0.3, 0.4) is 0 Å². The summed E-state index contributed by atoms with van der Waals surface area (Å²) in [6.45, 7) is 1.75. The van der Waals surface area contributed by atoms with Crippen LogP contribution in [-0.2, 0) is 24.6 Å². The third-order valence-electron chi connectivity index (χ3n) is 9.65. The number of nitrogens with one attached hydrogen (secondary N) is 2. The highest BCUT2D eigenvalue weighted by Crippen LogP contribution is 2.63. The number of anilines is 1. The van der Waals surface area contributed by atoms with Crippen LogP contribution in [-0.4, -0.2) is 33.7 Å². The molecule has 1 saturated carbocycles. The summed E-state index contributed by atoms with van der Waals surface area (Å²) in [4.78, 5) is 55.2. The fraction of sp³-hybridized carbons (Fsp3) is 0.273. The van der Waals surface area contributed by atoms with Crippen LogP contribution in [0.5, 0.6) is 5.75 Å². The summed E-state index contributed by atoms with van der Waals surface area (Å²) in [5, 5.41) is 14.3. The second kappa shape index (κ2) is 9.77. The van der Waals surface area contributed by atoms with E-state index in [0.717, 1.165) is 10.6 Å². The standard InChI is InChI=1S/C33H27ClFN3O5/c1-16-14-17(2-13-26(16)39)28-22-11-12-23-27(30(41)36-29(23)40)24(22)15-25-31(42)38(37-21-9-7-20(35)8-10-21)32(43)33(25,28)18-3-5-19(34)6-4-18/h2-11,13-14,23-25,27-28,37,39H,12,15H2,1H3,(H,36,40,41)/t23-,24+,25-,27-,28-,33+/m0/s1. The number of hydrazine groups is 1. The molecule has 2 heterocycles. The summed E-state index contributed by atoms with van der Waals surface area (Å²) in [7, 11) is 0. The Labute approximate surface area is 251 Å². The van der Waals surface area contributed by atoms with Crippen molar-refractivity contribution < 1.29 is 28.7 Å². The van der Waals surface area contributed by atoms with Crippen molar-refractivity contribution in [1.82, 2.24) is 10.3 Å². The molecule has 4 amide bonds. The molecule has 3 N–H and O–H groups in total. The molecule has 4 aliphatic rings. The molecule has 2 saturated heterocycles. The van der Waals surface area contributed by atoms with E-state index in [1.165, 1.54) is 24.3 Å². The van der Waals surface area contributed by atoms with Crippen molar-refractivity contribution in [3.05, 3.63) is 106 Å². The van der Waals surface area contributed by atoms with Gasteiger partial charge in [-0.05, 0) is 84.8 Å². The van der Waals surface area contributed by atoms with Gasteiger partial charge in [0.15, 0.2) is 0 Å². The number of nitrogens with zero attached hydrogens (tertiary/aromatic N) is 1. The first-order chi connectivity index (χ1) is 20.6. The van der Waals surface area contributed by atoms with E-state index in [1.807, 2.05) is 6.08 Å². The highest BCUT2D eigenvalue weighted by atomic mass is 35.5. The molecule has 0 unspecified atom stereocenters. The molecular formula is C33H27ClFN3O5. The average molecular weight is 600 g/mol. The molecule has 8 nitrogen and oxygen atoms in total. The van der Waals surface area contributed by atoms with Crippen molar-refractivity contribution in [1.29, 1.82) is 0 Å². The molecule has 0 radical (unpaired) electrons. The lowest BCUT2D eigenvalue weighted by molar-refractivity contribution is -0.138. The Kier molecular flexibility index (Phi) is 6.21. The SMILES string of the molecule is Cc1cc([C@H]2C3=CC[C@@H]4C(=O)NC(=O)[C@@H]4[C@@H]3C[C@H]3C(=O)N(Nc4ccc(F)cc4)C(=O)[C@@]23c2ccc(Cl)cc2)ccc1O. The van der Waals surface area contributed by atoms with Gasteiger partial charge in [0, 0.05) is 10.9 Å². The molecular weight excluding hydrogens is 573 g/mol. The van der Waals surface area contributed by atoms with Crippen molar-refractivity contribution in [3.63, 3.8) is 0 Å². The van der Waals surface area contributed by atoms with E-state index in [9.17, 15) is 28.7 Å². The Hall–Kier alpha value is -4.50. The average Bonchev–Trinajstić information content (AvgIpc) is 3.40. The number of allylic oxidation sites excluding steroid dienone is 2. The summed E-state index contributed by atoms with van der Waals surface area (Å²) in [5.74, 6) is -5.39. The summed E-state index contributed by atoms with van der Waals surface area (Å²) >= 11 is 6.28. The van der Waals surface area contributed by atoms with Crippen LogP contribution in [0.15, 0.2) is 78.4 Å². The van der Waals surface area contributed by atoms with Crippen LogP contribution >= 0.6 is 11.6 Å². The fourth-order valence-corrected chi connectivity index (χ4v) is 7.93. The van der Waals surface area contributed by atoms with Crippen LogP contribution in [0.1, 0.15) is 35.4 Å². The summed E-state index contributed by atoms with van der Waals surface area (Å²) < 4.78 is 13.7. The quantitative estimate of drug-likeness (QED) is 0.294. The number of aromatic hydroxyl groups is 1. The number of phenols is 1. The predicted molar refractivity (Wildman–Crippen MR) is 155 cm³/mol. The van der Waals surface area contributed by atoms with Crippen molar-refractivity contribution in [2.24, 2.45) is 23.7 Å². The van der Waals surface area contributed by atoms with Gasteiger partial charge in [0.2, 0.25) is 11.8 Å². The van der Waals surface area contributed by atoms with Gasteiger partial charge in [0.25, 0.3) is 11.8 Å². The Morgan fingerprint density at radius 2 is 1.70 bits per heavy atom. The summed E-state index contributed by atoms with van der Waals surface area (Å²) in [6.07, 6.45) is 2.44. The molecule has 0 bridgehead atoms. The molecule has 10 heteroatoms. The number of phenolic OH excluding ortho intramolecular Hbond substituents is 1. The number of carbonyl (C=O) groups excluding carboxylic acids is 4. The van der Waals surface area contributed by atoms with Gasteiger partial charge < -0.3 is 5.11 Å². The number of carbonyl (C=O) groups is 4. The van der Waals surface area contributed by atoms with E-state index in [4.69, 9.17) is 11.6 Å². The molecule has 0 aromatic heterocycles. The monoisotopic (exact) mass is 599 g/mol. The maximum absolute atomic E-state index is 14.9. The fourth-order valence-electron chi connectivity index (χ4n) is 7.80. The Bertz CT molecular complexity index is 1740. The molecule has 218 valence electrons. The Morgan fingerprint density at radius 1 is 0.977 bits per heavy atom. The van der Waals surface area contributed by atoms with Crippen LogP contribution < -0.4 is 10.7 Å². The molecule has 3 aromatic carbocycles. The number of hydrogen-bond acceptors (Lipinski definition) is 6. The number of amides is 4. The second-order valence-electron chi connectivity index (χ2n) is 11.8. The number of fused-ring (bicyclic) bond motifs is 4. The van der Waals surface area contributed by atoms with Crippen LogP contribution in [0, 0.1) is 36.4 Å². The summed E-state index contributed by atoms with van der Waals surface area (Å²) in [6, 6.07) is 17.3. The maximum Gasteiger partial charge on any atom is 0.260 e.